The molecule has 0 atom stereocenters. The smallest absolute Gasteiger partial charge is 0.0438 e. The number of nitrogens with zero attached hydrogens (tertiary/aromatic N) is 2. The van der Waals surface area contributed by atoms with Gasteiger partial charge in [0.1, 0.15) is 0 Å². The lowest BCUT2D eigenvalue weighted by Crippen LogP contribution is -2.07. The number of benzene rings is 1. The van der Waals surface area contributed by atoms with Crippen molar-refractivity contribution >= 4 is 42.8 Å². The second kappa shape index (κ2) is 7.50. The molecule has 0 aliphatic rings. The summed E-state index contributed by atoms with van der Waals surface area (Å²) in [5.74, 6) is 0. The Balaban J connectivity index is 2.01. The van der Waals surface area contributed by atoms with Crippen molar-refractivity contribution in [1.29, 1.82) is 0 Å². The maximum atomic E-state index is 4.46. The van der Waals surface area contributed by atoms with Crippen LogP contribution >= 0.6 is 22.7 Å². The van der Waals surface area contributed by atoms with Crippen molar-refractivity contribution in [2.45, 2.75) is 52.4 Å². The van der Waals surface area contributed by atoms with Gasteiger partial charge < -0.3 is 0 Å². The van der Waals surface area contributed by atoms with Gasteiger partial charge in [-0.3, -0.25) is 9.97 Å². The molecule has 0 N–H and O–H groups in total. The Hall–Kier alpha value is -2.56. The van der Waals surface area contributed by atoms with Gasteiger partial charge in [0.2, 0.25) is 0 Å². The van der Waals surface area contributed by atoms with Gasteiger partial charge in [-0.05, 0) is 35.1 Å². The SMILES string of the molecule is CC(C)(C)c1cc2c(-c3cccnc3)c3sc(C(C)(C)C)cc3c(-c3cccnc3)c2s1. The lowest BCUT2D eigenvalue weighted by atomic mass is 9.90. The van der Waals surface area contributed by atoms with Crippen LogP contribution in [0.5, 0.6) is 0 Å². The van der Waals surface area contributed by atoms with Crippen LogP contribution in [-0.2, 0) is 10.8 Å². The van der Waals surface area contributed by atoms with E-state index in [4.69, 9.17) is 0 Å². The molecule has 0 saturated carbocycles. The first-order chi connectivity index (χ1) is 15.1. The summed E-state index contributed by atoms with van der Waals surface area (Å²) < 4.78 is 2.68. The first-order valence-electron chi connectivity index (χ1n) is 11.0. The molecule has 0 radical (unpaired) electrons. The van der Waals surface area contributed by atoms with Crippen molar-refractivity contribution in [3.8, 4) is 22.3 Å². The van der Waals surface area contributed by atoms with E-state index in [9.17, 15) is 0 Å². The molecule has 32 heavy (non-hydrogen) atoms. The molecule has 0 aliphatic carbocycles. The summed E-state index contributed by atoms with van der Waals surface area (Å²) in [6.45, 7) is 13.8. The van der Waals surface area contributed by atoms with Gasteiger partial charge in [0.05, 0.1) is 0 Å². The number of hydrogen-bond donors (Lipinski definition) is 0. The minimum atomic E-state index is 0.0894. The Kier molecular flexibility index (Phi) is 4.99. The van der Waals surface area contributed by atoms with Gasteiger partial charge in [0, 0.05) is 77.0 Å². The third-order valence-corrected chi connectivity index (χ3v) is 8.99. The van der Waals surface area contributed by atoms with Crippen LogP contribution in [0.25, 0.3) is 42.4 Å². The summed E-state index contributed by atoms with van der Waals surface area (Å²) in [4.78, 5) is 11.7. The first-order valence-corrected chi connectivity index (χ1v) is 12.6. The van der Waals surface area contributed by atoms with E-state index in [0.29, 0.717) is 0 Å². The molecular formula is C28H28N2S2. The normalized spacial score (nSPS) is 12.7. The summed E-state index contributed by atoms with van der Waals surface area (Å²) in [5, 5.41) is 2.64. The topological polar surface area (TPSA) is 25.8 Å². The number of rotatable bonds is 2. The van der Waals surface area contributed by atoms with Crippen LogP contribution in [0.3, 0.4) is 0 Å². The molecule has 4 heteroatoms. The molecule has 0 fully saturated rings. The Bertz CT molecular complexity index is 1250. The second-order valence-corrected chi connectivity index (χ2v) is 12.5. The van der Waals surface area contributed by atoms with Gasteiger partial charge in [0.15, 0.2) is 0 Å². The fourth-order valence-electron chi connectivity index (χ4n) is 4.10. The van der Waals surface area contributed by atoms with Gasteiger partial charge in [-0.25, -0.2) is 0 Å². The van der Waals surface area contributed by atoms with Crippen LogP contribution in [-0.4, -0.2) is 9.97 Å². The molecule has 0 aliphatic heterocycles. The number of thiophene rings is 2. The second-order valence-electron chi connectivity index (χ2n) is 10.4. The zero-order valence-corrected chi connectivity index (χ0v) is 21.1. The number of aromatic nitrogens is 2. The Labute approximate surface area is 198 Å². The largest absolute Gasteiger partial charge is 0.264 e. The predicted octanol–water partition coefficient (Wildman–Crippen LogP) is 8.84. The van der Waals surface area contributed by atoms with Crippen molar-refractivity contribution in [2.75, 3.05) is 0 Å². The summed E-state index contributed by atoms with van der Waals surface area (Å²) in [5.41, 5.74) is 5.16. The van der Waals surface area contributed by atoms with Crippen LogP contribution in [0, 0.1) is 0 Å². The Morgan fingerprint density at radius 2 is 1.03 bits per heavy atom. The van der Waals surface area contributed by atoms with Crippen LogP contribution in [0.2, 0.25) is 0 Å². The highest BCUT2D eigenvalue weighted by molar-refractivity contribution is 7.22. The van der Waals surface area contributed by atoms with Crippen molar-refractivity contribution < 1.29 is 0 Å². The monoisotopic (exact) mass is 456 g/mol. The van der Waals surface area contributed by atoms with Gasteiger partial charge in [0.25, 0.3) is 0 Å². The maximum absolute atomic E-state index is 4.46. The molecule has 0 spiro atoms. The van der Waals surface area contributed by atoms with E-state index < -0.39 is 0 Å². The van der Waals surface area contributed by atoms with Crippen LogP contribution in [0.15, 0.2) is 61.2 Å². The molecule has 4 heterocycles. The number of fused-ring (bicyclic) bond motifs is 2. The molecular weight excluding hydrogens is 428 g/mol. The van der Waals surface area contributed by atoms with Crippen LogP contribution < -0.4 is 0 Å². The average Bonchev–Trinajstić information content (AvgIpc) is 3.38. The lowest BCUT2D eigenvalue weighted by Gasteiger charge is -2.15. The highest BCUT2D eigenvalue weighted by Crippen LogP contribution is 2.51. The molecule has 0 bridgehead atoms. The van der Waals surface area contributed by atoms with E-state index in [1.165, 1.54) is 52.2 Å². The van der Waals surface area contributed by atoms with E-state index in [-0.39, 0.29) is 10.8 Å². The fraction of sp³-hybridized carbons (Fsp3) is 0.286. The minimum absolute atomic E-state index is 0.0894. The number of hydrogen-bond acceptors (Lipinski definition) is 4. The van der Waals surface area contributed by atoms with Gasteiger partial charge >= 0.3 is 0 Å². The highest BCUT2D eigenvalue weighted by atomic mass is 32.1. The predicted molar refractivity (Wildman–Crippen MR) is 141 cm³/mol. The summed E-state index contributed by atoms with van der Waals surface area (Å²) in [7, 11) is 0. The maximum Gasteiger partial charge on any atom is 0.0438 e. The molecule has 2 nitrogen and oxygen atoms in total. The quantitative estimate of drug-likeness (QED) is 0.265. The molecule has 5 rings (SSSR count). The average molecular weight is 457 g/mol. The first kappa shape index (κ1) is 21.3. The molecule has 5 aromatic rings. The van der Waals surface area contributed by atoms with E-state index in [1.807, 2.05) is 59.6 Å². The molecule has 0 unspecified atom stereocenters. The highest BCUT2D eigenvalue weighted by Gasteiger charge is 2.26. The third-order valence-electron chi connectivity index (χ3n) is 5.84. The summed E-state index contributed by atoms with van der Waals surface area (Å²) >= 11 is 3.85. The van der Waals surface area contributed by atoms with E-state index in [0.717, 1.165) is 0 Å². The van der Waals surface area contributed by atoms with Crippen molar-refractivity contribution in [2.24, 2.45) is 0 Å². The Morgan fingerprint density at radius 3 is 1.34 bits per heavy atom. The molecule has 4 aromatic heterocycles. The van der Waals surface area contributed by atoms with Gasteiger partial charge in [-0.15, -0.1) is 22.7 Å². The number of pyridine rings is 2. The van der Waals surface area contributed by atoms with Crippen molar-refractivity contribution in [3.05, 3.63) is 70.9 Å². The van der Waals surface area contributed by atoms with E-state index in [1.54, 1.807) is 0 Å². The zero-order valence-electron chi connectivity index (χ0n) is 19.5. The molecule has 0 saturated heterocycles. The summed E-state index contributed by atoms with van der Waals surface area (Å²) in [6.07, 6.45) is 7.71. The zero-order chi connectivity index (χ0) is 22.7. The summed E-state index contributed by atoms with van der Waals surface area (Å²) in [6, 6.07) is 13.3. The van der Waals surface area contributed by atoms with E-state index >= 15 is 0 Å². The molecule has 0 amide bonds. The minimum Gasteiger partial charge on any atom is -0.264 e. The molecule has 1 aromatic carbocycles. The lowest BCUT2D eigenvalue weighted by molar-refractivity contribution is 0.604. The Morgan fingerprint density at radius 1 is 0.625 bits per heavy atom. The standard InChI is InChI=1S/C28H28N2S2/c1-27(2,3)21-13-19-23(17-9-7-11-29-15-17)26-20(14-22(32-26)28(4,5)6)24(25(19)31-21)18-10-8-12-30-16-18/h7-16H,1-6H3. The molecule has 162 valence electrons. The van der Waals surface area contributed by atoms with Crippen molar-refractivity contribution in [1.82, 2.24) is 9.97 Å². The third kappa shape index (κ3) is 3.56. The van der Waals surface area contributed by atoms with Crippen LogP contribution in [0.4, 0.5) is 0 Å². The van der Waals surface area contributed by atoms with Gasteiger partial charge in [-0.1, -0.05) is 53.7 Å². The van der Waals surface area contributed by atoms with Crippen LogP contribution in [0.1, 0.15) is 51.3 Å². The van der Waals surface area contributed by atoms with Gasteiger partial charge in [-0.2, -0.15) is 0 Å². The van der Waals surface area contributed by atoms with Crippen molar-refractivity contribution in [3.63, 3.8) is 0 Å². The fourth-order valence-corrected chi connectivity index (χ4v) is 6.71. The van der Waals surface area contributed by atoms with E-state index in [2.05, 4.69) is 75.8 Å².